The van der Waals surface area contributed by atoms with Crippen molar-refractivity contribution in [3.05, 3.63) is 23.8 Å². The minimum Gasteiger partial charge on any atom is -0.299 e. The van der Waals surface area contributed by atoms with Crippen LogP contribution in [0, 0.1) is 11.8 Å². The predicted molar refractivity (Wildman–Crippen MR) is 65.8 cm³/mol. The molecular formula is C14H23N. The van der Waals surface area contributed by atoms with E-state index in [0.29, 0.717) is 0 Å². The number of hydrogen-bond donors (Lipinski definition) is 0. The molecule has 0 spiro atoms. The number of allylic oxidation sites excluding steroid dienone is 2. The Kier molecular flexibility index (Phi) is 3.63. The third kappa shape index (κ3) is 2.94. The first-order chi connectivity index (χ1) is 7.25. The zero-order valence-electron chi connectivity index (χ0n) is 10.1. The second kappa shape index (κ2) is 4.98. The summed E-state index contributed by atoms with van der Waals surface area (Å²) in [5, 5.41) is 0. The molecule has 0 bridgehead atoms. The van der Waals surface area contributed by atoms with E-state index in [1.54, 1.807) is 0 Å². The van der Waals surface area contributed by atoms with Crippen molar-refractivity contribution in [2.45, 2.75) is 33.1 Å². The van der Waals surface area contributed by atoms with Crippen molar-refractivity contribution in [3.8, 4) is 0 Å². The highest BCUT2D eigenvalue weighted by Crippen LogP contribution is 2.23. The van der Waals surface area contributed by atoms with Crippen LogP contribution in [0.25, 0.3) is 0 Å². The highest BCUT2D eigenvalue weighted by Gasteiger charge is 2.15. The molecule has 1 nitrogen and oxygen atoms in total. The maximum atomic E-state index is 2.60. The van der Waals surface area contributed by atoms with Gasteiger partial charge in [0.05, 0.1) is 0 Å². The van der Waals surface area contributed by atoms with Crippen LogP contribution in [-0.4, -0.2) is 24.5 Å². The third-order valence-corrected chi connectivity index (χ3v) is 3.78. The van der Waals surface area contributed by atoms with Crippen molar-refractivity contribution in [2.75, 3.05) is 19.6 Å². The molecule has 0 aromatic heterocycles. The molecule has 15 heavy (non-hydrogen) atoms. The van der Waals surface area contributed by atoms with Gasteiger partial charge in [-0.05, 0) is 43.3 Å². The van der Waals surface area contributed by atoms with Crippen molar-refractivity contribution in [2.24, 2.45) is 11.8 Å². The van der Waals surface area contributed by atoms with Crippen molar-refractivity contribution in [3.63, 3.8) is 0 Å². The fourth-order valence-electron chi connectivity index (χ4n) is 2.48. The summed E-state index contributed by atoms with van der Waals surface area (Å²) in [6, 6.07) is 0. The fourth-order valence-corrected chi connectivity index (χ4v) is 2.48. The van der Waals surface area contributed by atoms with Gasteiger partial charge in [0.15, 0.2) is 0 Å². The van der Waals surface area contributed by atoms with E-state index < -0.39 is 0 Å². The zero-order valence-corrected chi connectivity index (χ0v) is 10.1. The molecule has 84 valence electrons. The largest absolute Gasteiger partial charge is 0.299 e. The molecule has 0 saturated carbocycles. The van der Waals surface area contributed by atoms with Gasteiger partial charge in [0.25, 0.3) is 0 Å². The van der Waals surface area contributed by atoms with Crippen molar-refractivity contribution >= 4 is 0 Å². The lowest BCUT2D eigenvalue weighted by atomic mass is 9.88. The fraction of sp³-hybridized carbons (Fsp3) is 0.714. The number of nitrogens with zero attached hydrogens (tertiary/aromatic N) is 1. The lowest BCUT2D eigenvalue weighted by Gasteiger charge is -2.28. The summed E-state index contributed by atoms with van der Waals surface area (Å²) < 4.78 is 0. The second-order valence-corrected chi connectivity index (χ2v) is 5.16. The molecule has 0 N–H and O–H groups in total. The van der Waals surface area contributed by atoms with Crippen molar-refractivity contribution in [1.29, 1.82) is 0 Å². The Morgan fingerprint density at radius 1 is 1.13 bits per heavy atom. The number of likely N-dealkylation sites (tertiary alicyclic amines) is 1. The summed E-state index contributed by atoms with van der Waals surface area (Å²) in [5.41, 5.74) is 1.53. The number of rotatable bonds is 2. The highest BCUT2D eigenvalue weighted by molar-refractivity contribution is 5.26. The van der Waals surface area contributed by atoms with Gasteiger partial charge in [0.2, 0.25) is 0 Å². The van der Waals surface area contributed by atoms with E-state index >= 15 is 0 Å². The molecule has 0 aromatic carbocycles. The van der Waals surface area contributed by atoms with Gasteiger partial charge in [-0.2, -0.15) is 0 Å². The van der Waals surface area contributed by atoms with Gasteiger partial charge in [-0.15, -0.1) is 0 Å². The van der Waals surface area contributed by atoms with Crippen LogP contribution in [0.4, 0.5) is 0 Å². The second-order valence-electron chi connectivity index (χ2n) is 5.16. The molecule has 1 heteroatoms. The summed E-state index contributed by atoms with van der Waals surface area (Å²) in [7, 11) is 0. The average molecular weight is 205 g/mol. The monoisotopic (exact) mass is 205 g/mol. The van der Waals surface area contributed by atoms with E-state index in [2.05, 4.69) is 37.0 Å². The van der Waals surface area contributed by atoms with Crippen LogP contribution in [0.1, 0.15) is 33.1 Å². The molecule has 2 unspecified atom stereocenters. The molecule has 0 radical (unpaired) electrons. The van der Waals surface area contributed by atoms with E-state index in [1.165, 1.54) is 44.5 Å². The van der Waals surface area contributed by atoms with E-state index in [4.69, 9.17) is 0 Å². The van der Waals surface area contributed by atoms with Gasteiger partial charge in [-0.25, -0.2) is 0 Å². The SMILES string of the molecule is CC1C=CC(CN2CCCCC2)=CC1C. The zero-order chi connectivity index (χ0) is 10.7. The first kappa shape index (κ1) is 10.9. The normalized spacial score (nSPS) is 32.8. The first-order valence-electron chi connectivity index (χ1n) is 6.37. The van der Waals surface area contributed by atoms with Gasteiger partial charge < -0.3 is 0 Å². The molecule has 2 aliphatic rings. The van der Waals surface area contributed by atoms with Crippen LogP contribution >= 0.6 is 0 Å². The summed E-state index contributed by atoms with van der Waals surface area (Å²) in [6.07, 6.45) is 11.4. The molecule has 1 fully saturated rings. The Morgan fingerprint density at radius 2 is 1.87 bits per heavy atom. The Hall–Kier alpha value is -0.560. The Balaban J connectivity index is 1.89. The smallest absolute Gasteiger partial charge is 0.0230 e. The topological polar surface area (TPSA) is 3.24 Å². The standard InChI is InChI=1S/C14H23N/c1-12-6-7-14(10-13(12)2)11-15-8-4-3-5-9-15/h6-7,10,12-13H,3-5,8-9,11H2,1-2H3. The van der Waals surface area contributed by atoms with Crippen LogP contribution in [0.3, 0.4) is 0 Å². The Morgan fingerprint density at radius 3 is 2.53 bits per heavy atom. The molecule has 0 aromatic rings. The van der Waals surface area contributed by atoms with Crippen LogP contribution in [0.5, 0.6) is 0 Å². The van der Waals surface area contributed by atoms with Gasteiger partial charge >= 0.3 is 0 Å². The summed E-state index contributed by atoms with van der Waals surface area (Å²) in [6.45, 7) is 8.40. The van der Waals surface area contributed by atoms with E-state index in [-0.39, 0.29) is 0 Å². The molecule has 0 amide bonds. The van der Waals surface area contributed by atoms with Crippen LogP contribution in [0.15, 0.2) is 23.8 Å². The van der Waals surface area contributed by atoms with E-state index in [9.17, 15) is 0 Å². The van der Waals surface area contributed by atoms with Gasteiger partial charge in [0, 0.05) is 6.54 Å². The molecule has 2 atom stereocenters. The molecule has 2 rings (SSSR count). The highest BCUT2D eigenvalue weighted by atomic mass is 15.1. The number of piperidine rings is 1. The van der Waals surface area contributed by atoms with Crippen LogP contribution < -0.4 is 0 Å². The Labute approximate surface area is 93.9 Å². The average Bonchev–Trinajstić information content (AvgIpc) is 2.25. The summed E-state index contributed by atoms with van der Waals surface area (Å²) >= 11 is 0. The van der Waals surface area contributed by atoms with Gasteiger partial charge in [-0.1, -0.05) is 38.5 Å². The third-order valence-electron chi connectivity index (χ3n) is 3.78. The lowest BCUT2D eigenvalue weighted by Crippen LogP contribution is -2.31. The number of hydrogen-bond acceptors (Lipinski definition) is 1. The molecule has 1 aliphatic heterocycles. The first-order valence-corrected chi connectivity index (χ1v) is 6.37. The van der Waals surface area contributed by atoms with E-state index in [1.807, 2.05) is 0 Å². The van der Waals surface area contributed by atoms with Gasteiger partial charge in [-0.3, -0.25) is 4.90 Å². The maximum Gasteiger partial charge on any atom is 0.0230 e. The predicted octanol–water partition coefficient (Wildman–Crippen LogP) is 3.24. The quantitative estimate of drug-likeness (QED) is 0.669. The van der Waals surface area contributed by atoms with Crippen LogP contribution in [-0.2, 0) is 0 Å². The molecule has 1 aliphatic carbocycles. The van der Waals surface area contributed by atoms with Crippen molar-refractivity contribution < 1.29 is 0 Å². The lowest BCUT2D eigenvalue weighted by molar-refractivity contribution is 0.247. The Bertz CT molecular complexity index is 259. The summed E-state index contributed by atoms with van der Waals surface area (Å²) in [4.78, 5) is 2.60. The van der Waals surface area contributed by atoms with Crippen LogP contribution in [0.2, 0.25) is 0 Å². The minimum absolute atomic E-state index is 0.717. The van der Waals surface area contributed by atoms with Crippen molar-refractivity contribution in [1.82, 2.24) is 4.90 Å². The molecule has 1 saturated heterocycles. The maximum absolute atomic E-state index is 2.60. The molecule has 1 heterocycles. The van der Waals surface area contributed by atoms with E-state index in [0.717, 1.165) is 11.8 Å². The minimum atomic E-state index is 0.717. The summed E-state index contributed by atoms with van der Waals surface area (Å²) in [5.74, 6) is 1.44. The molecular weight excluding hydrogens is 182 g/mol. The van der Waals surface area contributed by atoms with Gasteiger partial charge in [0.1, 0.15) is 0 Å².